The Morgan fingerprint density at radius 2 is 2.38 bits per heavy atom. The van der Waals surface area contributed by atoms with E-state index in [0.29, 0.717) is 0 Å². The SMILES string of the molecule is [B]C(=C)/C(=C(/F)N=C)c1ncc[nH]1. The van der Waals surface area contributed by atoms with Crippen LogP contribution in [0.25, 0.3) is 5.57 Å². The summed E-state index contributed by atoms with van der Waals surface area (Å²) in [4.78, 5) is 9.65. The van der Waals surface area contributed by atoms with E-state index in [9.17, 15) is 4.39 Å². The second-order valence-corrected chi connectivity index (χ2v) is 2.29. The topological polar surface area (TPSA) is 41.0 Å². The number of imidazole rings is 1. The monoisotopic (exact) mass is 175 g/mol. The fraction of sp³-hybridized carbons (Fsp3) is 0. The summed E-state index contributed by atoms with van der Waals surface area (Å²) in [6.45, 7) is 6.47. The predicted molar refractivity (Wildman–Crippen MR) is 51.1 cm³/mol. The normalized spacial score (nSPS) is 12.1. The molecule has 0 aliphatic carbocycles. The highest BCUT2D eigenvalue weighted by molar-refractivity contribution is 6.29. The molecule has 0 aliphatic rings. The molecule has 0 spiro atoms. The smallest absolute Gasteiger partial charge is 0.222 e. The van der Waals surface area contributed by atoms with Crippen molar-refractivity contribution in [2.75, 3.05) is 0 Å². The summed E-state index contributed by atoms with van der Waals surface area (Å²) in [7, 11) is 5.36. The third-order valence-corrected chi connectivity index (χ3v) is 1.40. The lowest BCUT2D eigenvalue weighted by molar-refractivity contribution is 0.633. The van der Waals surface area contributed by atoms with Gasteiger partial charge < -0.3 is 4.98 Å². The van der Waals surface area contributed by atoms with Crippen molar-refractivity contribution >= 4 is 20.1 Å². The van der Waals surface area contributed by atoms with Crippen molar-refractivity contribution in [3.8, 4) is 0 Å². The minimum absolute atomic E-state index is 0.0417. The Morgan fingerprint density at radius 3 is 2.77 bits per heavy atom. The van der Waals surface area contributed by atoms with E-state index in [1.54, 1.807) is 6.20 Å². The second kappa shape index (κ2) is 3.84. The van der Waals surface area contributed by atoms with E-state index in [1.165, 1.54) is 6.20 Å². The quantitative estimate of drug-likeness (QED) is 0.321. The number of nitrogens with zero attached hydrogens (tertiary/aromatic N) is 2. The Morgan fingerprint density at radius 1 is 1.69 bits per heavy atom. The van der Waals surface area contributed by atoms with Gasteiger partial charge in [-0.05, 0) is 6.72 Å². The Labute approximate surface area is 76.5 Å². The van der Waals surface area contributed by atoms with Gasteiger partial charge in [0.1, 0.15) is 13.7 Å². The number of hydrogen-bond donors (Lipinski definition) is 1. The standard InChI is InChI=1S/C8H7BFN3/c1-5(9)6(7(10)11-2)8-12-3-4-13-8/h3-4H,1-2H2,(H,12,13)/b7-6+. The molecule has 1 aromatic rings. The van der Waals surface area contributed by atoms with Crippen molar-refractivity contribution in [2.24, 2.45) is 4.99 Å². The summed E-state index contributed by atoms with van der Waals surface area (Å²) in [5, 5.41) is 0. The van der Waals surface area contributed by atoms with Crippen molar-refractivity contribution in [1.29, 1.82) is 0 Å². The number of halogens is 1. The molecule has 2 radical (unpaired) electrons. The molecule has 3 nitrogen and oxygen atoms in total. The fourth-order valence-corrected chi connectivity index (χ4v) is 0.863. The molecule has 0 atom stereocenters. The first-order valence-corrected chi connectivity index (χ1v) is 3.47. The van der Waals surface area contributed by atoms with E-state index in [1.807, 2.05) is 0 Å². The molecule has 0 fully saturated rings. The van der Waals surface area contributed by atoms with Gasteiger partial charge in [0.15, 0.2) is 0 Å². The minimum atomic E-state index is -0.789. The van der Waals surface area contributed by atoms with Crippen molar-refractivity contribution in [3.63, 3.8) is 0 Å². The lowest BCUT2D eigenvalue weighted by Crippen LogP contribution is -1.93. The van der Waals surface area contributed by atoms with Crippen LogP contribution in [0.3, 0.4) is 0 Å². The van der Waals surface area contributed by atoms with Crippen molar-refractivity contribution in [2.45, 2.75) is 0 Å². The molecule has 0 bridgehead atoms. The van der Waals surface area contributed by atoms with E-state index in [2.05, 4.69) is 28.3 Å². The number of hydrogen-bond acceptors (Lipinski definition) is 2. The Balaban J connectivity index is 3.23. The van der Waals surface area contributed by atoms with Crippen LogP contribution in [-0.4, -0.2) is 24.5 Å². The first-order valence-electron chi connectivity index (χ1n) is 3.47. The number of aliphatic imine (C=N–C) groups is 1. The zero-order chi connectivity index (χ0) is 9.84. The average molecular weight is 175 g/mol. The lowest BCUT2D eigenvalue weighted by Gasteiger charge is -2.02. The molecule has 64 valence electrons. The van der Waals surface area contributed by atoms with Crippen LogP contribution in [0.4, 0.5) is 4.39 Å². The minimum Gasteiger partial charge on any atom is -0.345 e. The van der Waals surface area contributed by atoms with Crippen LogP contribution >= 0.6 is 0 Å². The van der Waals surface area contributed by atoms with Gasteiger partial charge in [0, 0.05) is 12.4 Å². The maximum Gasteiger partial charge on any atom is 0.222 e. The fourth-order valence-electron chi connectivity index (χ4n) is 0.863. The Kier molecular flexibility index (Phi) is 2.79. The number of nitrogens with one attached hydrogen (secondary N) is 1. The highest BCUT2D eigenvalue weighted by Gasteiger charge is 2.10. The number of H-pyrrole nitrogens is 1. The van der Waals surface area contributed by atoms with Crippen LogP contribution in [0.2, 0.25) is 0 Å². The summed E-state index contributed by atoms with van der Waals surface area (Å²) in [6.07, 6.45) is 3.03. The zero-order valence-corrected chi connectivity index (χ0v) is 6.92. The molecule has 0 aromatic carbocycles. The van der Waals surface area contributed by atoms with Gasteiger partial charge in [0.25, 0.3) is 0 Å². The molecule has 0 amide bonds. The summed E-state index contributed by atoms with van der Waals surface area (Å²) >= 11 is 0. The van der Waals surface area contributed by atoms with Gasteiger partial charge in [-0.25, -0.2) is 9.98 Å². The van der Waals surface area contributed by atoms with Gasteiger partial charge in [-0.15, -0.1) is 6.58 Å². The van der Waals surface area contributed by atoms with Crippen LogP contribution in [0.5, 0.6) is 0 Å². The van der Waals surface area contributed by atoms with E-state index in [4.69, 9.17) is 7.85 Å². The first-order chi connectivity index (χ1) is 6.16. The summed E-state index contributed by atoms with van der Waals surface area (Å²) in [6, 6.07) is 0. The largest absolute Gasteiger partial charge is 0.345 e. The molecular weight excluding hydrogens is 168 g/mol. The average Bonchev–Trinajstić information content (AvgIpc) is 2.56. The van der Waals surface area contributed by atoms with Crippen LogP contribution in [-0.2, 0) is 0 Å². The molecule has 1 rings (SSSR count). The van der Waals surface area contributed by atoms with E-state index < -0.39 is 5.95 Å². The van der Waals surface area contributed by atoms with Crippen molar-refractivity contribution in [3.05, 3.63) is 36.2 Å². The van der Waals surface area contributed by atoms with Gasteiger partial charge >= 0.3 is 0 Å². The van der Waals surface area contributed by atoms with Gasteiger partial charge in [0.05, 0.1) is 5.57 Å². The summed E-state index contributed by atoms with van der Waals surface area (Å²) in [5.41, 5.74) is 0.0971. The number of aromatic amines is 1. The van der Waals surface area contributed by atoms with Crippen LogP contribution in [0.15, 0.2) is 35.4 Å². The number of aromatic nitrogens is 2. The Hall–Kier alpha value is -1.65. The number of allylic oxidation sites excluding steroid dienone is 2. The molecule has 5 heteroatoms. The van der Waals surface area contributed by atoms with Crippen LogP contribution in [0, 0.1) is 0 Å². The molecule has 0 saturated carbocycles. The molecule has 0 unspecified atom stereocenters. The lowest BCUT2D eigenvalue weighted by atomic mass is 9.90. The molecular formula is C8H7BFN3. The van der Waals surface area contributed by atoms with Crippen LogP contribution < -0.4 is 0 Å². The molecule has 1 N–H and O–H groups in total. The van der Waals surface area contributed by atoms with Gasteiger partial charge in [-0.1, -0.05) is 5.47 Å². The van der Waals surface area contributed by atoms with Gasteiger partial charge in [0.2, 0.25) is 5.95 Å². The Bertz CT molecular complexity index is 353. The zero-order valence-electron chi connectivity index (χ0n) is 6.92. The third kappa shape index (κ3) is 1.93. The van der Waals surface area contributed by atoms with Crippen molar-refractivity contribution < 1.29 is 4.39 Å². The maximum atomic E-state index is 13.1. The predicted octanol–water partition coefficient (Wildman–Crippen LogP) is 1.43. The highest BCUT2D eigenvalue weighted by Crippen LogP contribution is 2.21. The van der Waals surface area contributed by atoms with E-state index in [-0.39, 0.29) is 16.9 Å². The molecule has 1 heterocycles. The van der Waals surface area contributed by atoms with E-state index in [0.717, 1.165) is 0 Å². The summed E-state index contributed by atoms with van der Waals surface area (Å²) in [5.74, 6) is -0.500. The maximum absolute atomic E-state index is 13.1. The second-order valence-electron chi connectivity index (χ2n) is 2.29. The highest BCUT2D eigenvalue weighted by atomic mass is 19.1. The van der Waals surface area contributed by atoms with E-state index >= 15 is 0 Å². The van der Waals surface area contributed by atoms with Crippen LogP contribution in [0.1, 0.15) is 5.82 Å². The molecule has 13 heavy (non-hydrogen) atoms. The van der Waals surface area contributed by atoms with Gasteiger partial charge in [-0.2, -0.15) is 4.39 Å². The first kappa shape index (κ1) is 9.44. The summed E-state index contributed by atoms with van der Waals surface area (Å²) < 4.78 is 13.1. The third-order valence-electron chi connectivity index (χ3n) is 1.40. The van der Waals surface area contributed by atoms with Crippen molar-refractivity contribution in [1.82, 2.24) is 9.97 Å². The van der Waals surface area contributed by atoms with Gasteiger partial charge in [-0.3, -0.25) is 0 Å². The molecule has 0 aliphatic heterocycles. The number of rotatable bonds is 3. The molecule has 1 aromatic heterocycles. The molecule has 0 saturated heterocycles.